The zero-order valence-corrected chi connectivity index (χ0v) is 14.5. The molecule has 132 valence electrons. The van der Waals surface area contributed by atoms with Gasteiger partial charge in [-0.3, -0.25) is 0 Å². The lowest BCUT2D eigenvalue weighted by atomic mass is 9.94. The molecule has 1 aliphatic rings. The number of carboxylic acids is 1. The molecule has 0 fully saturated rings. The zero-order valence-electron chi connectivity index (χ0n) is 14.5. The first-order valence-corrected chi connectivity index (χ1v) is 8.70. The molecule has 0 aliphatic carbocycles. The Hall–Kier alpha value is -2.92. The fourth-order valence-electron chi connectivity index (χ4n) is 3.57. The van der Waals surface area contributed by atoms with E-state index in [1.807, 2.05) is 37.3 Å². The number of aromatic hydroxyl groups is 1. The topological polar surface area (TPSA) is 82.5 Å². The van der Waals surface area contributed by atoms with E-state index in [-0.39, 0.29) is 11.3 Å². The molecule has 1 aromatic heterocycles. The normalized spacial score (nSPS) is 13.6. The van der Waals surface area contributed by atoms with Crippen LogP contribution in [0.25, 0.3) is 10.9 Å². The maximum Gasteiger partial charge on any atom is 0.340 e. The van der Waals surface area contributed by atoms with Gasteiger partial charge < -0.3 is 15.5 Å². The van der Waals surface area contributed by atoms with E-state index >= 15 is 0 Å². The van der Waals surface area contributed by atoms with Gasteiger partial charge in [0, 0.05) is 18.4 Å². The van der Waals surface area contributed by atoms with Crippen LogP contribution >= 0.6 is 0 Å². The zero-order chi connectivity index (χ0) is 18.3. The summed E-state index contributed by atoms with van der Waals surface area (Å²) < 4.78 is 0. The number of aromatic carboxylic acids is 1. The summed E-state index contributed by atoms with van der Waals surface area (Å²) in [6, 6.07) is 11.7. The molecule has 0 amide bonds. The number of nitrogens with one attached hydrogen (secondary N) is 1. The van der Waals surface area contributed by atoms with E-state index in [1.54, 1.807) is 6.07 Å². The minimum Gasteiger partial charge on any atom is -0.505 e. The second-order valence-electron chi connectivity index (χ2n) is 6.78. The predicted molar refractivity (Wildman–Crippen MR) is 99.8 cm³/mol. The number of hydrogen-bond acceptors (Lipinski definition) is 4. The fraction of sp³-hybridized carbons (Fsp3) is 0.238. The number of aryl methyl sites for hydroxylation is 1. The number of hydrogen-bond donors (Lipinski definition) is 3. The molecular weight excluding hydrogens is 328 g/mol. The van der Waals surface area contributed by atoms with E-state index in [0.29, 0.717) is 29.6 Å². The highest BCUT2D eigenvalue weighted by Crippen LogP contribution is 2.34. The second-order valence-corrected chi connectivity index (χ2v) is 6.78. The molecule has 0 bridgehead atoms. The second kappa shape index (κ2) is 6.42. The maximum absolute atomic E-state index is 11.8. The Labute approximate surface area is 151 Å². The van der Waals surface area contributed by atoms with Crippen molar-refractivity contribution in [2.24, 2.45) is 0 Å². The number of pyridine rings is 1. The lowest BCUT2D eigenvalue weighted by Crippen LogP contribution is -2.24. The Kier molecular flexibility index (Phi) is 4.09. The third-order valence-corrected chi connectivity index (χ3v) is 4.98. The summed E-state index contributed by atoms with van der Waals surface area (Å²) in [6.45, 7) is 3.57. The van der Waals surface area contributed by atoms with Crippen LogP contribution in [0.3, 0.4) is 0 Å². The van der Waals surface area contributed by atoms with Crippen molar-refractivity contribution in [3.63, 3.8) is 0 Å². The highest BCUT2D eigenvalue weighted by Gasteiger charge is 2.23. The van der Waals surface area contributed by atoms with Crippen molar-refractivity contribution in [1.82, 2.24) is 10.3 Å². The summed E-state index contributed by atoms with van der Waals surface area (Å²) in [4.78, 5) is 16.5. The van der Waals surface area contributed by atoms with Crippen molar-refractivity contribution >= 4 is 16.9 Å². The Bertz CT molecular complexity index is 1010. The van der Waals surface area contributed by atoms with E-state index in [0.717, 1.165) is 29.7 Å². The Morgan fingerprint density at radius 1 is 1.19 bits per heavy atom. The molecule has 0 radical (unpaired) electrons. The summed E-state index contributed by atoms with van der Waals surface area (Å²) in [5.74, 6) is -1.38. The van der Waals surface area contributed by atoms with Gasteiger partial charge in [-0.1, -0.05) is 42.0 Å². The average molecular weight is 348 g/mol. The van der Waals surface area contributed by atoms with Crippen molar-refractivity contribution < 1.29 is 15.0 Å². The van der Waals surface area contributed by atoms with E-state index in [2.05, 4.69) is 5.32 Å². The van der Waals surface area contributed by atoms with Crippen LogP contribution < -0.4 is 5.32 Å². The molecule has 0 saturated carbocycles. The van der Waals surface area contributed by atoms with Gasteiger partial charge in [-0.2, -0.15) is 0 Å². The number of nitrogens with zero attached hydrogens (tertiary/aromatic N) is 1. The smallest absolute Gasteiger partial charge is 0.340 e. The average Bonchev–Trinajstić information content (AvgIpc) is 2.64. The van der Waals surface area contributed by atoms with Crippen LogP contribution in [0.4, 0.5) is 0 Å². The number of carboxylic acid groups (broad SMARTS) is 1. The lowest BCUT2D eigenvalue weighted by Gasteiger charge is -2.20. The van der Waals surface area contributed by atoms with Gasteiger partial charge in [-0.25, -0.2) is 9.78 Å². The summed E-state index contributed by atoms with van der Waals surface area (Å²) in [6.07, 6.45) is 1.28. The van der Waals surface area contributed by atoms with E-state index in [4.69, 9.17) is 4.98 Å². The van der Waals surface area contributed by atoms with Crippen LogP contribution in [-0.2, 0) is 19.4 Å². The predicted octanol–water partition coefficient (Wildman–Crippen LogP) is 3.18. The molecule has 4 rings (SSSR count). The van der Waals surface area contributed by atoms with Gasteiger partial charge in [0.2, 0.25) is 0 Å². The summed E-state index contributed by atoms with van der Waals surface area (Å²) >= 11 is 0. The largest absolute Gasteiger partial charge is 0.505 e. The molecule has 26 heavy (non-hydrogen) atoms. The molecule has 5 nitrogen and oxygen atoms in total. The van der Waals surface area contributed by atoms with E-state index < -0.39 is 5.97 Å². The highest BCUT2D eigenvalue weighted by molar-refractivity contribution is 6.06. The third-order valence-electron chi connectivity index (χ3n) is 4.98. The quantitative estimate of drug-likeness (QED) is 0.677. The van der Waals surface area contributed by atoms with E-state index in [9.17, 15) is 15.0 Å². The molecule has 3 N–H and O–H groups in total. The van der Waals surface area contributed by atoms with Crippen LogP contribution in [0.1, 0.15) is 38.3 Å². The van der Waals surface area contributed by atoms with Crippen LogP contribution in [0.2, 0.25) is 0 Å². The lowest BCUT2D eigenvalue weighted by molar-refractivity contribution is 0.0695. The highest BCUT2D eigenvalue weighted by atomic mass is 16.4. The SMILES string of the molecule is Cc1ccc(Cc2nc3c4c(ccc3c(C(=O)O)c2O)CCNC4)cc1. The minimum absolute atomic E-state index is 0.0644. The monoisotopic (exact) mass is 348 g/mol. The van der Waals surface area contributed by atoms with Crippen LogP contribution in [0.15, 0.2) is 36.4 Å². The molecular formula is C21H20N2O3. The van der Waals surface area contributed by atoms with Gasteiger partial charge in [0.25, 0.3) is 0 Å². The van der Waals surface area contributed by atoms with Crippen molar-refractivity contribution in [1.29, 1.82) is 0 Å². The maximum atomic E-state index is 11.8. The molecule has 3 aromatic rings. The van der Waals surface area contributed by atoms with Crippen LogP contribution in [-0.4, -0.2) is 27.7 Å². The van der Waals surface area contributed by atoms with Crippen molar-refractivity contribution in [3.05, 3.63) is 69.9 Å². The molecule has 1 aliphatic heterocycles. The van der Waals surface area contributed by atoms with Gasteiger partial charge in [0.05, 0.1) is 11.2 Å². The number of rotatable bonds is 3. The molecule has 2 heterocycles. The first kappa shape index (κ1) is 16.5. The Balaban J connectivity index is 1.93. The standard InChI is InChI=1S/C21H20N2O3/c1-12-2-4-13(5-3-12)10-17-20(24)18(21(25)26)15-7-6-14-8-9-22-11-16(14)19(15)23-17/h2-7,22,24H,8-11H2,1H3,(H,25,26). The van der Waals surface area contributed by atoms with Crippen LogP contribution in [0.5, 0.6) is 5.75 Å². The number of aromatic nitrogens is 1. The molecule has 0 unspecified atom stereocenters. The first-order chi connectivity index (χ1) is 12.5. The Morgan fingerprint density at radius 3 is 2.69 bits per heavy atom. The van der Waals surface area contributed by atoms with Crippen molar-refractivity contribution in [2.45, 2.75) is 26.3 Å². The van der Waals surface area contributed by atoms with Crippen molar-refractivity contribution in [3.8, 4) is 5.75 Å². The van der Waals surface area contributed by atoms with Gasteiger partial charge in [0.15, 0.2) is 5.75 Å². The number of carbonyl (C=O) groups is 1. The van der Waals surface area contributed by atoms with E-state index in [1.165, 1.54) is 5.56 Å². The third kappa shape index (κ3) is 2.80. The van der Waals surface area contributed by atoms with Gasteiger partial charge in [0.1, 0.15) is 5.56 Å². The van der Waals surface area contributed by atoms with Gasteiger partial charge >= 0.3 is 5.97 Å². The number of fused-ring (bicyclic) bond motifs is 3. The minimum atomic E-state index is -1.14. The molecule has 5 heteroatoms. The summed E-state index contributed by atoms with van der Waals surface area (Å²) in [5.41, 5.74) is 5.36. The molecule has 2 aromatic carbocycles. The molecule has 0 atom stereocenters. The first-order valence-electron chi connectivity index (χ1n) is 8.70. The fourth-order valence-corrected chi connectivity index (χ4v) is 3.57. The Morgan fingerprint density at radius 2 is 1.96 bits per heavy atom. The van der Waals surface area contributed by atoms with Gasteiger partial charge in [-0.05, 0) is 36.6 Å². The summed E-state index contributed by atoms with van der Waals surface area (Å²) in [5, 5.41) is 24.1. The number of benzene rings is 2. The molecule has 0 saturated heterocycles. The summed E-state index contributed by atoms with van der Waals surface area (Å²) in [7, 11) is 0. The van der Waals surface area contributed by atoms with Crippen molar-refractivity contribution in [2.75, 3.05) is 6.54 Å². The van der Waals surface area contributed by atoms with Crippen LogP contribution in [0, 0.1) is 6.92 Å². The molecule has 0 spiro atoms. The van der Waals surface area contributed by atoms with Gasteiger partial charge in [-0.15, -0.1) is 0 Å².